The predicted molar refractivity (Wildman–Crippen MR) is 58.0 cm³/mol. The smallest absolute Gasteiger partial charge is 0.337 e. The van der Waals surface area contributed by atoms with E-state index in [-0.39, 0.29) is 5.97 Å². The van der Waals surface area contributed by atoms with Crippen LogP contribution in [0.1, 0.15) is 21.5 Å². The van der Waals surface area contributed by atoms with E-state index in [1.54, 1.807) is 0 Å². The number of methoxy groups -OCH3 is 1. The van der Waals surface area contributed by atoms with Gasteiger partial charge in [0, 0.05) is 6.04 Å². The van der Waals surface area contributed by atoms with Crippen molar-refractivity contribution in [3.8, 4) is 0 Å². The Morgan fingerprint density at radius 1 is 1.40 bits per heavy atom. The van der Waals surface area contributed by atoms with Gasteiger partial charge in [0.25, 0.3) is 0 Å². The van der Waals surface area contributed by atoms with E-state index in [0.717, 1.165) is 12.8 Å². The number of ether oxygens (including phenoxy) is 1. The molecule has 0 aromatic heterocycles. The van der Waals surface area contributed by atoms with E-state index in [4.69, 9.17) is 4.74 Å². The molecule has 1 N–H and O–H groups in total. The highest BCUT2D eigenvalue weighted by molar-refractivity contribution is 5.89. The van der Waals surface area contributed by atoms with Gasteiger partial charge in [0.15, 0.2) is 0 Å². The first-order valence-electron chi connectivity index (χ1n) is 5.12. The maximum atomic E-state index is 11.3. The van der Waals surface area contributed by atoms with Gasteiger partial charge in [0.2, 0.25) is 0 Å². The van der Waals surface area contributed by atoms with Crippen molar-refractivity contribution in [2.75, 3.05) is 14.2 Å². The fraction of sp³-hybridized carbons (Fsp3) is 0.417. The van der Waals surface area contributed by atoms with Crippen molar-refractivity contribution in [1.82, 2.24) is 5.32 Å². The molecule has 3 heteroatoms. The van der Waals surface area contributed by atoms with E-state index < -0.39 is 0 Å². The number of likely N-dealkylation sites (N-methyl/N-ethyl adjacent to an activating group) is 1. The Balaban J connectivity index is 2.26. The third-order valence-corrected chi connectivity index (χ3v) is 2.97. The molecule has 15 heavy (non-hydrogen) atoms. The number of hydrogen-bond acceptors (Lipinski definition) is 3. The second-order valence-corrected chi connectivity index (χ2v) is 3.87. The molecular formula is C12H15NO2. The van der Waals surface area contributed by atoms with E-state index in [9.17, 15) is 4.79 Å². The van der Waals surface area contributed by atoms with Crippen LogP contribution < -0.4 is 5.32 Å². The largest absolute Gasteiger partial charge is 0.465 e. The van der Waals surface area contributed by atoms with Gasteiger partial charge in [-0.05, 0) is 43.1 Å². The van der Waals surface area contributed by atoms with Crippen LogP contribution in [0.25, 0.3) is 0 Å². The summed E-state index contributed by atoms with van der Waals surface area (Å²) in [4.78, 5) is 11.3. The number of fused-ring (bicyclic) bond motifs is 1. The lowest BCUT2D eigenvalue weighted by atomic mass is 10.1. The van der Waals surface area contributed by atoms with Crippen molar-refractivity contribution in [3.05, 3.63) is 34.9 Å². The SMILES string of the molecule is CN[C@@H]1Cc2ccc(C(=O)OC)cc2C1. The molecule has 1 aromatic carbocycles. The Bertz CT molecular complexity index is 387. The van der Waals surface area contributed by atoms with Crippen molar-refractivity contribution in [2.24, 2.45) is 0 Å². The van der Waals surface area contributed by atoms with E-state index in [1.165, 1.54) is 18.2 Å². The standard InChI is InChI=1S/C12H15NO2/c1-13-11-6-8-3-4-9(12(14)15-2)5-10(8)7-11/h3-5,11,13H,6-7H2,1-2H3/t11-/m1/s1. The lowest BCUT2D eigenvalue weighted by Crippen LogP contribution is -2.24. The Morgan fingerprint density at radius 2 is 2.13 bits per heavy atom. The summed E-state index contributed by atoms with van der Waals surface area (Å²) < 4.78 is 4.69. The fourth-order valence-electron chi connectivity index (χ4n) is 2.07. The Morgan fingerprint density at radius 3 is 2.80 bits per heavy atom. The van der Waals surface area contributed by atoms with Gasteiger partial charge in [-0.2, -0.15) is 0 Å². The summed E-state index contributed by atoms with van der Waals surface area (Å²) in [6.45, 7) is 0. The van der Waals surface area contributed by atoms with Gasteiger partial charge in [-0.15, -0.1) is 0 Å². The van der Waals surface area contributed by atoms with Crippen LogP contribution in [0.15, 0.2) is 18.2 Å². The zero-order valence-corrected chi connectivity index (χ0v) is 9.04. The van der Waals surface area contributed by atoms with Crippen molar-refractivity contribution in [1.29, 1.82) is 0 Å². The highest BCUT2D eigenvalue weighted by atomic mass is 16.5. The predicted octanol–water partition coefficient (Wildman–Crippen LogP) is 1.16. The highest BCUT2D eigenvalue weighted by Gasteiger charge is 2.21. The third kappa shape index (κ3) is 1.88. The molecular weight excluding hydrogens is 190 g/mol. The molecule has 1 aliphatic rings. The van der Waals surface area contributed by atoms with Crippen molar-refractivity contribution in [3.63, 3.8) is 0 Å². The van der Waals surface area contributed by atoms with Gasteiger partial charge in [-0.1, -0.05) is 6.07 Å². The van der Waals surface area contributed by atoms with Crippen molar-refractivity contribution < 1.29 is 9.53 Å². The van der Waals surface area contributed by atoms with Gasteiger partial charge in [-0.3, -0.25) is 0 Å². The zero-order chi connectivity index (χ0) is 10.8. The van der Waals surface area contributed by atoms with Gasteiger partial charge >= 0.3 is 5.97 Å². The van der Waals surface area contributed by atoms with Gasteiger partial charge in [0.1, 0.15) is 0 Å². The average molecular weight is 205 g/mol. The molecule has 0 amide bonds. The van der Waals surface area contributed by atoms with E-state index in [2.05, 4.69) is 5.32 Å². The molecule has 0 saturated heterocycles. The lowest BCUT2D eigenvalue weighted by molar-refractivity contribution is 0.0600. The summed E-state index contributed by atoms with van der Waals surface area (Å²) in [5.41, 5.74) is 3.24. The summed E-state index contributed by atoms with van der Waals surface area (Å²) >= 11 is 0. The zero-order valence-electron chi connectivity index (χ0n) is 9.04. The van der Waals surface area contributed by atoms with Crippen LogP contribution in [0.3, 0.4) is 0 Å². The topological polar surface area (TPSA) is 38.3 Å². The Labute approximate surface area is 89.4 Å². The third-order valence-electron chi connectivity index (χ3n) is 2.97. The lowest BCUT2D eigenvalue weighted by Gasteiger charge is -2.04. The summed E-state index contributed by atoms with van der Waals surface area (Å²) in [5, 5.41) is 3.26. The Hall–Kier alpha value is -1.35. The van der Waals surface area contributed by atoms with Crippen molar-refractivity contribution >= 4 is 5.97 Å². The van der Waals surface area contributed by atoms with Crippen LogP contribution in [0.2, 0.25) is 0 Å². The number of esters is 1. The van der Waals surface area contributed by atoms with Crippen molar-refractivity contribution in [2.45, 2.75) is 18.9 Å². The molecule has 0 bridgehead atoms. The van der Waals surface area contributed by atoms with Crippen LogP contribution in [-0.2, 0) is 17.6 Å². The number of hydrogen-bond donors (Lipinski definition) is 1. The second-order valence-electron chi connectivity index (χ2n) is 3.87. The minimum absolute atomic E-state index is 0.259. The molecule has 0 heterocycles. The Kier molecular flexibility index (Phi) is 2.73. The molecule has 1 atom stereocenters. The maximum absolute atomic E-state index is 11.3. The average Bonchev–Trinajstić information content (AvgIpc) is 2.69. The molecule has 1 aromatic rings. The first-order chi connectivity index (χ1) is 7.24. The summed E-state index contributed by atoms with van der Waals surface area (Å²) in [6, 6.07) is 6.31. The molecule has 0 fully saturated rings. The first kappa shape index (κ1) is 10.2. The van der Waals surface area contributed by atoms with Gasteiger partial charge in [-0.25, -0.2) is 4.79 Å². The van der Waals surface area contributed by atoms with E-state index in [0.29, 0.717) is 11.6 Å². The van der Waals surface area contributed by atoms with E-state index >= 15 is 0 Å². The molecule has 80 valence electrons. The van der Waals surface area contributed by atoms with Gasteiger partial charge < -0.3 is 10.1 Å². The van der Waals surface area contributed by atoms with Gasteiger partial charge in [0.05, 0.1) is 12.7 Å². The monoisotopic (exact) mass is 205 g/mol. The van der Waals surface area contributed by atoms with Crippen LogP contribution in [0.5, 0.6) is 0 Å². The molecule has 0 unspecified atom stereocenters. The quantitative estimate of drug-likeness (QED) is 0.736. The normalized spacial score (nSPS) is 18.7. The van der Waals surface area contributed by atoms with Crippen LogP contribution in [-0.4, -0.2) is 26.2 Å². The maximum Gasteiger partial charge on any atom is 0.337 e. The number of nitrogens with one attached hydrogen (secondary N) is 1. The molecule has 0 saturated carbocycles. The number of carbonyl (C=O) groups excluding carboxylic acids is 1. The summed E-state index contributed by atoms with van der Waals surface area (Å²) in [5.74, 6) is -0.259. The molecule has 0 spiro atoms. The minimum atomic E-state index is -0.259. The molecule has 3 nitrogen and oxygen atoms in total. The van der Waals surface area contributed by atoms with Crippen LogP contribution >= 0.6 is 0 Å². The van der Waals surface area contributed by atoms with Crippen LogP contribution in [0.4, 0.5) is 0 Å². The number of benzene rings is 1. The molecule has 1 aliphatic carbocycles. The molecule has 2 rings (SSSR count). The van der Waals surface area contributed by atoms with E-state index in [1.807, 2.05) is 25.2 Å². The molecule has 0 radical (unpaired) electrons. The first-order valence-corrected chi connectivity index (χ1v) is 5.12. The second kappa shape index (κ2) is 4.03. The summed E-state index contributed by atoms with van der Waals surface area (Å²) in [7, 11) is 3.38. The highest BCUT2D eigenvalue weighted by Crippen LogP contribution is 2.23. The van der Waals surface area contributed by atoms with Crippen LogP contribution in [0, 0.1) is 0 Å². The fourth-order valence-corrected chi connectivity index (χ4v) is 2.07. The number of carbonyl (C=O) groups is 1. The summed E-state index contributed by atoms with van der Waals surface area (Å²) in [6.07, 6.45) is 2.05. The minimum Gasteiger partial charge on any atom is -0.465 e. The molecule has 0 aliphatic heterocycles. The number of rotatable bonds is 2.